The molecule has 0 saturated carbocycles. The molecule has 2 aromatic rings. The number of para-hydroxylation sites is 1. The Hall–Kier alpha value is -1.61. The van der Waals surface area contributed by atoms with Crippen LogP contribution in [0.3, 0.4) is 0 Å². The Morgan fingerprint density at radius 3 is 2.62 bits per heavy atom. The first-order chi connectivity index (χ1) is 10.3. The summed E-state index contributed by atoms with van der Waals surface area (Å²) in [5, 5.41) is 8.13. The van der Waals surface area contributed by atoms with E-state index in [-0.39, 0.29) is 0 Å². The molecule has 1 N–H and O–H groups in total. The first-order valence-corrected chi connectivity index (χ1v) is 8.15. The number of rotatable bonds is 9. The average molecular weight is 285 g/mol. The van der Waals surface area contributed by atoms with Crippen molar-refractivity contribution in [3.8, 4) is 5.69 Å². The summed E-state index contributed by atoms with van der Waals surface area (Å²) in [6, 6.07) is 10.9. The maximum atomic E-state index is 4.45. The van der Waals surface area contributed by atoms with Crippen molar-refractivity contribution in [2.24, 2.45) is 0 Å². The zero-order valence-corrected chi connectivity index (χ0v) is 13.3. The highest BCUT2D eigenvalue weighted by Gasteiger charge is 2.07. The Kier molecular flexibility index (Phi) is 6.48. The van der Waals surface area contributed by atoms with Gasteiger partial charge in [-0.05, 0) is 25.0 Å². The van der Waals surface area contributed by atoms with Gasteiger partial charge in [0.1, 0.15) is 0 Å². The lowest BCUT2D eigenvalue weighted by Gasteiger charge is -2.17. The van der Waals surface area contributed by atoms with Crippen molar-refractivity contribution in [2.45, 2.75) is 58.5 Å². The predicted octanol–water partition coefficient (Wildman–Crippen LogP) is 4.32. The van der Waals surface area contributed by atoms with Gasteiger partial charge in [0.2, 0.25) is 0 Å². The van der Waals surface area contributed by atoms with Crippen molar-refractivity contribution < 1.29 is 0 Å². The van der Waals surface area contributed by atoms with Gasteiger partial charge in [0, 0.05) is 24.3 Å². The number of unbranched alkanes of at least 4 members (excludes halogenated alkanes) is 1. The topological polar surface area (TPSA) is 29.9 Å². The van der Waals surface area contributed by atoms with E-state index in [2.05, 4.69) is 42.6 Å². The summed E-state index contributed by atoms with van der Waals surface area (Å²) in [6.45, 7) is 5.42. The molecule has 1 aromatic heterocycles. The van der Waals surface area contributed by atoms with Gasteiger partial charge in [0.15, 0.2) is 0 Å². The Bertz CT molecular complexity index is 504. The van der Waals surface area contributed by atoms with E-state index in [4.69, 9.17) is 0 Å². The highest BCUT2D eigenvalue weighted by molar-refractivity contribution is 5.30. The minimum absolute atomic E-state index is 0.634. The van der Waals surface area contributed by atoms with Crippen molar-refractivity contribution in [3.63, 3.8) is 0 Å². The van der Waals surface area contributed by atoms with Gasteiger partial charge in [-0.25, -0.2) is 4.68 Å². The first-order valence-electron chi connectivity index (χ1n) is 8.15. The van der Waals surface area contributed by atoms with Crippen LogP contribution in [0.15, 0.2) is 42.7 Å². The van der Waals surface area contributed by atoms with Gasteiger partial charge in [-0.1, -0.05) is 51.3 Å². The number of hydrogen-bond donors (Lipinski definition) is 1. The molecule has 0 saturated heterocycles. The molecule has 0 radical (unpaired) electrons. The molecule has 0 spiro atoms. The van der Waals surface area contributed by atoms with E-state index >= 15 is 0 Å². The number of nitrogens with one attached hydrogen (secondary N) is 1. The summed E-state index contributed by atoms with van der Waals surface area (Å²) in [5.41, 5.74) is 2.36. The largest absolute Gasteiger partial charge is 0.310 e. The summed E-state index contributed by atoms with van der Waals surface area (Å²) >= 11 is 0. The molecule has 2 rings (SSSR count). The van der Waals surface area contributed by atoms with Crippen LogP contribution in [-0.2, 0) is 6.54 Å². The molecule has 1 unspecified atom stereocenters. The van der Waals surface area contributed by atoms with E-state index in [9.17, 15) is 0 Å². The minimum Gasteiger partial charge on any atom is -0.310 e. The van der Waals surface area contributed by atoms with Crippen LogP contribution in [0.5, 0.6) is 0 Å². The molecular weight excluding hydrogens is 258 g/mol. The molecule has 0 amide bonds. The third kappa shape index (κ3) is 5.01. The summed E-state index contributed by atoms with van der Waals surface area (Å²) in [4.78, 5) is 0. The van der Waals surface area contributed by atoms with Gasteiger partial charge in [0.05, 0.1) is 11.9 Å². The van der Waals surface area contributed by atoms with Crippen molar-refractivity contribution in [1.29, 1.82) is 0 Å². The molecule has 0 bridgehead atoms. The Balaban J connectivity index is 1.89. The maximum absolute atomic E-state index is 4.45. The van der Waals surface area contributed by atoms with Gasteiger partial charge in [-0.15, -0.1) is 0 Å². The van der Waals surface area contributed by atoms with Crippen molar-refractivity contribution in [3.05, 3.63) is 48.3 Å². The smallest absolute Gasteiger partial charge is 0.0645 e. The van der Waals surface area contributed by atoms with Crippen molar-refractivity contribution in [2.75, 3.05) is 0 Å². The van der Waals surface area contributed by atoms with Gasteiger partial charge in [0.25, 0.3) is 0 Å². The van der Waals surface area contributed by atoms with Crippen LogP contribution in [0.1, 0.15) is 51.5 Å². The molecule has 1 atom stereocenters. The monoisotopic (exact) mass is 285 g/mol. The second-order valence-electron chi connectivity index (χ2n) is 5.64. The average Bonchev–Trinajstić information content (AvgIpc) is 3.00. The highest BCUT2D eigenvalue weighted by atomic mass is 15.3. The highest BCUT2D eigenvalue weighted by Crippen LogP contribution is 2.10. The van der Waals surface area contributed by atoms with Crippen LogP contribution in [0.25, 0.3) is 5.69 Å². The number of hydrogen-bond acceptors (Lipinski definition) is 2. The molecule has 21 heavy (non-hydrogen) atoms. The molecule has 0 aliphatic heterocycles. The SMILES string of the molecule is CCCCC(CCC)NCc1cnn(-c2ccccc2)c1. The summed E-state index contributed by atoms with van der Waals surface area (Å²) in [5.74, 6) is 0. The van der Waals surface area contributed by atoms with Crippen LogP contribution < -0.4 is 5.32 Å². The second-order valence-corrected chi connectivity index (χ2v) is 5.64. The van der Waals surface area contributed by atoms with Crippen LogP contribution in [0, 0.1) is 0 Å². The quantitative estimate of drug-likeness (QED) is 0.743. The Labute approximate surface area is 128 Å². The van der Waals surface area contributed by atoms with E-state index in [0.29, 0.717) is 6.04 Å². The summed E-state index contributed by atoms with van der Waals surface area (Å²) in [6.07, 6.45) is 10.4. The van der Waals surface area contributed by atoms with Crippen molar-refractivity contribution in [1.82, 2.24) is 15.1 Å². The zero-order valence-electron chi connectivity index (χ0n) is 13.3. The van der Waals surface area contributed by atoms with Crippen LogP contribution in [0.2, 0.25) is 0 Å². The predicted molar refractivity (Wildman–Crippen MR) is 88.6 cm³/mol. The number of nitrogens with zero attached hydrogens (tertiary/aromatic N) is 2. The first kappa shape index (κ1) is 15.8. The molecule has 1 aromatic carbocycles. The number of aromatic nitrogens is 2. The molecule has 0 aliphatic carbocycles. The van der Waals surface area contributed by atoms with E-state index in [1.165, 1.54) is 37.7 Å². The Morgan fingerprint density at radius 2 is 1.90 bits per heavy atom. The Morgan fingerprint density at radius 1 is 1.10 bits per heavy atom. The fourth-order valence-corrected chi connectivity index (χ4v) is 2.58. The fourth-order valence-electron chi connectivity index (χ4n) is 2.58. The molecule has 3 heteroatoms. The van der Waals surface area contributed by atoms with Gasteiger partial charge < -0.3 is 5.32 Å². The normalized spacial score (nSPS) is 12.5. The van der Waals surface area contributed by atoms with Crippen molar-refractivity contribution >= 4 is 0 Å². The maximum Gasteiger partial charge on any atom is 0.0645 e. The fraction of sp³-hybridized carbons (Fsp3) is 0.500. The zero-order chi connectivity index (χ0) is 14.9. The lowest BCUT2D eigenvalue weighted by molar-refractivity contribution is 0.434. The molecular formula is C18H27N3. The van der Waals surface area contributed by atoms with E-state index in [1.807, 2.05) is 29.1 Å². The molecule has 114 valence electrons. The lowest BCUT2D eigenvalue weighted by atomic mass is 10.1. The number of benzene rings is 1. The third-order valence-corrected chi connectivity index (χ3v) is 3.79. The van der Waals surface area contributed by atoms with E-state index in [0.717, 1.165) is 12.2 Å². The summed E-state index contributed by atoms with van der Waals surface area (Å²) < 4.78 is 1.94. The van der Waals surface area contributed by atoms with Gasteiger partial charge in [-0.2, -0.15) is 5.10 Å². The van der Waals surface area contributed by atoms with Crippen LogP contribution in [-0.4, -0.2) is 15.8 Å². The van der Waals surface area contributed by atoms with Crippen LogP contribution in [0.4, 0.5) is 0 Å². The van der Waals surface area contributed by atoms with Crippen LogP contribution >= 0.6 is 0 Å². The van der Waals surface area contributed by atoms with Gasteiger partial charge >= 0.3 is 0 Å². The lowest BCUT2D eigenvalue weighted by Crippen LogP contribution is -2.28. The van der Waals surface area contributed by atoms with Gasteiger partial charge in [-0.3, -0.25) is 0 Å². The van der Waals surface area contributed by atoms with E-state index in [1.54, 1.807) is 0 Å². The standard InChI is InChI=1S/C18H27N3/c1-3-5-10-17(9-4-2)19-13-16-14-20-21(15-16)18-11-7-6-8-12-18/h6-8,11-12,14-15,17,19H,3-5,9-10,13H2,1-2H3. The minimum atomic E-state index is 0.634. The molecule has 0 fully saturated rings. The molecule has 0 aliphatic rings. The molecule has 3 nitrogen and oxygen atoms in total. The van der Waals surface area contributed by atoms with E-state index < -0.39 is 0 Å². The third-order valence-electron chi connectivity index (χ3n) is 3.79. The second kappa shape index (κ2) is 8.63. The summed E-state index contributed by atoms with van der Waals surface area (Å²) in [7, 11) is 0. The molecule has 1 heterocycles.